The molecule has 2 aromatic carbocycles. The summed E-state index contributed by atoms with van der Waals surface area (Å²) in [5.41, 5.74) is 3.88. The van der Waals surface area contributed by atoms with E-state index >= 15 is 0 Å². The number of nitrogens with one attached hydrogen (secondary N) is 1. The minimum absolute atomic E-state index is 0.0617. The molecule has 0 saturated carbocycles. The summed E-state index contributed by atoms with van der Waals surface area (Å²) in [5.74, 6) is 0.858. The average molecular weight is 349 g/mol. The molecule has 0 unspecified atom stereocenters. The van der Waals surface area contributed by atoms with E-state index in [0.717, 1.165) is 35.4 Å². The van der Waals surface area contributed by atoms with Gasteiger partial charge in [0.05, 0.1) is 17.1 Å². The van der Waals surface area contributed by atoms with Crippen LogP contribution in [-0.4, -0.2) is 15.5 Å². The maximum absolute atomic E-state index is 12.6. The quantitative estimate of drug-likeness (QED) is 0.608. The van der Waals surface area contributed by atoms with Crippen LogP contribution in [0.1, 0.15) is 60.9 Å². The molecular weight excluding hydrogens is 322 g/mol. The molecule has 0 saturated heterocycles. The molecule has 0 bridgehead atoms. The van der Waals surface area contributed by atoms with Gasteiger partial charge in [0.15, 0.2) is 0 Å². The predicted molar refractivity (Wildman–Crippen MR) is 106 cm³/mol. The van der Waals surface area contributed by atoms with E-state index in [-0.39, 0.29) is 11.9 Å². The highest BCUT2D eigenvalue weighted by molar-refractivity contribution is 5.94. The highest BCUT2D eigenvalue weighted by atomic mass is 16.1. The molecule has 3 aromatic rings. The van der Waals surface area contributed by atoms with Gasteiger partial charge in [0.25, 0.3) is 5.91 Å². The highest BCUT2D eigenvalue weighted by Gasteiger charge is 2.18. The van der Waals surface area contributed by atoms with Gasteiger partial charge >= 0.3 is 0 Å². The van der Waals surface area contributed by atoms with E-state index in [9.17, 15) is 4.79 Å². The number of nitrogens with zero attached hydrogens (tertiary/aromatic N) is 2. The third kappa shape index (κ3) is 3.96. The summed E-state index contributed by atoms with van der Waals surface area (Å²) in [6, 6.07) is 15.7. The second-order valence-electron chi connectivity index (χ2n) is 6.88. The molecule has 26 heavy (non-hydrogen) atoms. The minimum Gasteiger partial charge on any atom is -0.342 e. The van der Waals surface area contributed by atoms with Crippen LogP contribution in [0.2, 0.25) is 0 Å². The van der Waals surface area contributed by atoms with Gasteiger partial charge in [0, 0.05) is 12.1 Å². The summed E-state index contributed by atoms with van der Waals surface area (Å²) < 4.78 is 2.26. The fourth-order valence-electron chi connectivity index (χ4n) is 3.31. The van der Waals surface area contributed by atoms with Gasteiger partial charge < -0.3 is 9.88 Å². The Kier molecular flexibility index (Phi) is 5.71. The number of rotatable bonds is 7. The van der Waals surface area contributed by atoms with Crippen LogP contribution in [0.3, 0.4) is 0 Å². The lowest BCUT2D eigenvalue weighted by Crippen LogP contribution is -2.28. The Morgan fingerprint density at radius 3 is 2.73 bits per heavy atom. The van der Waals surface area contributed by atoms with Crippen molar-refractivity contribution in [3.05, 3.63) is 65.5 Å². The van der Waals surface area contributed by atoms with E-state index in [2.05, 4.69) is 22.9 Å². The summed E-state index contributed by atoms with van der Waals surface area (Å²) in [4.78, 5) is 17.4. The van der Waals surface area contributed by atoms with Crippen LogP contribution in [0.15, 0.2) is 48.5 Å². The normalized spacial score (nSPS) is 12.3. The first-order chi connectivity index (χ1) is 12.6. The minimum atomic E-state index is -0.156. The fraction of sp³-hybridized carbons (Fsp3) is 0.364. The van der Waals surface area contributed by atoms with Gasteiger partial charge in [-0.15, -0.1) is 0 Å². The molecule has 136 valence electrons. The molecule has 0 fully saturated rings. The zero-order chi connectivity index (χ0) is 18.5. The standard InChI is InChI=1S/C22H27N3O/c1-4-5-8-14-25-20-13-7-6-12-19(20)24-21(25)17(3)23-22(26)18-11-9-10-16(2)15-18/h6-7,9-13,15,17H,4-5,8,14H2,1-3H3,(H,23,26)/t17-/m0/s1. The molecule has 0 radical (unpaired) electrons. The molecular formula is C22H27N3O. The molecule has 1 heterocycles. The first-order valence-corrected chi connectivity index (χ1v) is 9.43. The Labute approximate surface area is 155 Å². The number of aryl methyl sites for hydroxylation is 2. The van der Waals surface area contributed by atoms with E-state index in [1.165, 1.54) is 12.8 Å². The number of carbonyl (C=O) groups is 1. The van der Waals surface area contributed by atoms with Crippen LogP contribution in [0.4, 0.5) is 0 Å². The number of aromatic nitrogens is 2. The van der Waals surface area contributed by atoms with Gasteiger partial charge in [-0.2, -0.15) is 0 Å². The molecule has 1 atom stereocenters. The van der Waals surface area contributed by atoms with Gasteiger partial charge in [0.1, 0.15) is 5.82 Å². The van der Waals surface area contributed by atoms with Gasteiger partial charge in [-0.05, 0) is 44.5 Å². The summed E-state index contributed by atoms with van der Waals surface area (Å²) in [7, 11) is 0. The molecule has 4 nitrogen and oxygen atoms in total. The summed E-state index contributed by atoms with van der Waals surface area (Å²) in [6.45, 7) is 7.13. The van der Waals surface area contributed by atoms with Crippen molar-refractivity contribution < 1.29 is 4.79 Å². The van der Waals surface area contributed by atoms with Crippen molar-refractivity contribution in [2.24, 2.45) is 0 Å². The number of unbranched alkanes of at least 4 members (excludes halogenated alkanes) is 2. The van der Waals surface area contributed by atoms with Crippen LogP contribution in [0, 0.1) is 6.92 Å². The van der Waals surface area contributed by atoms with E-state index in [1.807, 2.05) is 56.3 Å². The van der Waals surface area contributed by atoms with Crippen molar-refractivity contribution in [1.29, 1.82) is 0 Å². The molecule has 1 N–H and O–H groups in total. The molecule has 0 aliphatic heterocycles. The average Bonchev–Trinajstić information content (AvgIpc) is 3.01. The second kappa shape index (κ2) is 8.17. The SMILES string of the molecule is CCCCCn1c([C@H](C)NC(=O)c2cccc(C)c2)nc2ccccc21. The smallest absolute Gasteiger partial charge is 0.251 e. The largest absolute Gasteiger partial charge is 0.342 e. The van der Waals surface area contributed by atoms with E-state index < -0.39 is 0 Å². The monoisotopic (exact) mass is 349 g/mol. The van der Waals surface area contributed by atoms with Gasteiger partial charge in [-0.25, -0.2) is 4.98 Å². The fourth-order valence-corrected chi connectivity index (χ4v) is 3.31. The number of imidazole rings is 1. The van der Waals surface area contributed by atoms with E-state index in [4.69, 9.17) is 4.98 Å². The maximum Gasteiger partial charge on any atom is 0.251 e. The molecule has 0 aliphatic carbocycles. The number of para-hydroxylation sites is 2. The zero-order valence-electron chi connectivity index (χ0n) is 15.8. The maximum atomic E-state index is 12.6. The van der Waals surface area contributed by atoms with Crippen molar-refractivity contribution in [3.63, 3.8) is 0 Å². The van der Waals surface area contributed by atoms with Gasteiger partial charge in [-0.3, -0.25) is 4.79 Å². The molecule has 3 rings (SSSR count). The highest BCUT2D eigenvalue weighted by Crippen LogP contribution is 2.22. The Bertz CT molecular complexity index is 897. The van der Waals surface area contributed by atoms with Crippen molar-refractivity contribution in [2.45, 2.75) is 52.6 Å². The summed E-state index contributed by atoms with van der Waals surface area (Å²) in [6.07, 6.45) is 3.49. The Hall–Kier alpha value is -2.62. The topological polar surface area (TPSA) is 46.9 Å². The lowest BCUT2D eigenvalue weighted by molar-refractivity contribution is 0.0937. The third-order valence-corrected chi connectivity index (χ3v) is 4.68. The van der Waals surface area contributed by atoms with Crippen LogP contribution in [0.25, 0.3) is 11.0 Å². The summed E-state index contributed by atoms with van der Waals surface area (Å²) >= 11 is 0. The second-order valence-corrected chi connectivity index (χ2v) is 6.88. The zero-order valence-corrected chi connectivity index (χ0v) is 15.8. The Morgan fingerprint density at radius 1 is 1.15 bits per heavy atom. The van der Waals surface area contributed by atoms with Crippen LogP contribution >= 0.6 is 0 Å². The molecule has 0 aliphatic rings. The number of hydrogen-bond acceptors (Lipinski definition) is 2. The molecule has 1 amide bonds. The first kappa shape index (κ1) is 18.2. The van der Waals surface area contributed by atoms with E-state index in [1.54, 1.807) is 0 Å². The van der Waals surface area contributed by atoms with Gasteiger partial charge in [0.2, 0.25) is 0 Å². The third-order valence-electron chi connectivity index (χ3n) is 4.68. The summed E-state index contributed by atoms with van der Waals surface area (Å²) in [5, 5.41) is 3.11. The number of hydrogen-bond donors (Lipinski definition) is 1. The lowest BCUT2D eigenvalue weighted by atomic mass is 10.1. The predicted octanol–water partition coefficient (Wildman–Crippen LogP) is 5.03. The number of amides is 1. The molecule has 4 heteroatoms. The lowest BCUT2D eigenvalue weighted by Gasteiger charge is -2.16. The van der Waals surface area contributed by atoms with Gasteiger partial charge in [-0.1, -0.05) is 49.6 Å². The van der Waals surface area contributed by atoms with Crippen molar-refractivity contribution >= 4 is 16.9 Å². The molecule has 1 aromatic heterocycles. The Balaban J connectivity index is 1.85. The van der Waals surface area contributed by atoms with Crippen LogP contribution in [-0.2, 0) is 6.54 Å². The number of benzene rings is 2. The first-order valence-electron chi connectivity index (χ1n) is 9.43. The van der Waals surface area contributed by atoms with Crippen LogP contribution in [0.5, 0.6) is 0 Å². The van der Waals surface area contributed by atoms with Crippen molar-refractivity contribution in [3.8, 4) is 0 Å². The van der Waals surface area contributed by atoms with Crippen molar-refractivity contribution in [2.75, 3.05) is 0 Å². The van der Waals surface area contributed by atoms with E-state index in [0.29, 0.717) is 5.56 Å². The number of fused-ring (bicyclic) bond motifs is 1. The number of carbonyl (C=O) groups excluding carboxylic acids is 1. The molecule has 0 spiro atoms. The Morgan fingerprint density at radius 2 is 1.96 bits per heavy atom. The van der Waals surface area contributed by atoms with Crippen LogP contribution < -0.4 is 5.32 Å². The van der Waals surface area contributed by atoms with Crippen molar-refractivity contribution in [1.82, 2.24) is 14.9 Å².